The van der Waals surface area contributed by atoms with Gasteiger partial charge in [0.2, 0.25) is 5.91 Å². The van der Waals surface area contributed by atoms with Crippen molar-refractivity contribution in [3.05, 3.63) is 83.6 Å². The van der Waals surface area contributed by atoms with E-state index in [-0.39, 0.29) is 11.8 Å². The van der Waals surface area contributed by atoms with Gasteiger partial charge in [-0.15, -0.1) is 0 Å². The topological polar surface area (TPSA) is 48.5 Å². The Labute approximate surface area is 210 Å². The number of rotatable bonds is 7. The first-order valence-corrected chi connectivity index (χ1v) is 12.1. The van der Waals surface area contributed by atoms with Gasteiger partial charge in [0.1, 0.15) is 5.82 Å². The second-order valence-corrected chi connectivity index (χ2v) is 9.47. The van der Waals surface area contributed by atoms with Crippen LogP contribution in [0.4, 0.5) is 19.0 Å². The van der Waals surface area contributed by atoms with Gasteiger partial charge >= 0.3 is 6.18 Å². The summed E-state index contributed by atoms with van der Waals surface area (Å²) in [5.74, 6) is 0.381. The van der Waals surface area contributed by atoms with E-state index in [0.29, 0.717) is 38.3 Å². The Morgan fingerprint density at radius 2 is 1.72 bits per heavy atom. The number of hydrogen-bond acceptors (Lipinski definition) is 4. The third-order valence-corrected chi connectivity index (χ3v) is 6.50. The standard InChI is InChI=1S/C28H31F3N4O/c1-34(2)19-20-7-9-21(10-8-20)25-6-4-3-5-23(25)17-33-27(36)22-13-15-35(16-14-22)26-12-11-24(18-32-26)28(29,30)31/h3-12,18,22H,13-17,19H2,1-2H3,(H,33,36). The third kappa shape index (κ3) is 6.43. The number of nitrogens with zero attached hydrogens (tertiary/aromatic N) is 3. The Morgan fingerprint density at radius 1 is 1.03 bits per heavy atom. The van der Waals surface area contributed by atoms with Crippen LogP contribution >= 0.6 is 0 Å². The van der Waals surface area contributed by atoms with Gasteiger partial charge in [0.15, 0.2) is 0 Å². The molecular formula is C28H31F3N4O. The number of anilines is 1. The van der Waals surface area contributed by atoms with Crippen LogP contribution in [0, 0.1) is 5.92 Å². The largest absolute Gasteiger partial charge is 0.417 e. The molecular weight excluding hydrogens is 465 g/mol. The van der Waals surface area contributed by atoms with Crippen molar-refractivity contribution in [1.29, 1.82) is 0 Å². The molecule has 1 aromatic heterocycles. The number of carbonyl (C=O) groups excluding carboxylic acids is 1. The first kappa shape index (κ1) is 25.7. The first-order valence-electron chi connectivity index (χ1n) is 12.1. The van der Waals surface area contributed by atoms with Crippen molar-refractivity contribution in [2.75, 3.05) is 32.1 Å². The minimum atomic E-state index is -4.40. The highest BCUT2D eigenvalue weighted by Crippen LogP contribution is 2.30. The minimum Gasteiger partial charge on any atom is -0.357 e. The van der Waals surface area contributed by atoms with E-state index in [9.17, 15) is 18.0 Å². The van der Waals surface area contributed by atoms with Gasteiger partial charge in [0.05, 0.1) is 5.56 Å². The van der Waals surface area contributed by atoms with E-state index >= 15 is 0 Å². The normalized spacial score (nSPS) is 14.8. The Hall–Kier alpha value is -3.39. The predicted molar refractivity (Wildman–Crippen MR) is 135 cm³/mol. The number of benzene rings is 2. The van der Waals surface area contributed by atoms with Crippen LogP contribution in [0.3, 0.4) is 0 Å². The van der Waals surface area contributed by atoms with Crippen molar-refractivity contribution in [1.82, 2.24) is 15.2 Å². The predicted octanol–water partition coefficient (Wildman–Crippen LogP) is 5.36. The molecule has 0 atom stereocenters. The van der Waals surface area contributed by atoms with Gasteiger partial charge in [-0.25, -0.2) is 4.98 Å². The van der Waals surface area contributed by atoms with Crippen LogP contribution < -0.4 is 10.2 Å². The van der Waals surface area contributed by atoms with Gasteiger partial charge in [0.25, 0.3) is 0 Å². The molecule has 8 heteroatoms. The first-order chi connectivity index (χ1) is 17.2. The van der Waals surface area contributed by atoms with Crippen molar-refractivity contribution in [2.24, 2.45) is 5.92 Å². The summed E-state index contributed by atoms with van der Waals surface area (Å²) < 4.78 is 38.3. The molecule has 3 aromatic rings. The van der Waals surface area contributed by atoms with Crippen LogP contribution in [-0.2, 0) is 24.1 Å². The molecule has 190 valence electrons. The van der Waals surface area contributed by atoms with Gasteiger partial charge < -0.3 is 15.1 Å². The summed E-state index contributed by atoms with van der Waals surface area (Å²) in [6.45, 7) is 2.47. The number of alkyl halides is 3. The zero-order valence-electron chi connectivity index (χ0n) is 20.6. The maximum absolute atomic E-state index is 12.9. The lowest BCUT2D eigenvalue weighted by Gasteiger charge is -2.32. The molecule has 0 bridgehead atoms. The quantitative estimate of drug-likeness (QED) is 0.478. The van der Waals surface area contributed by atoms with Crippen molar-refractivity contribution in [3.63, 3.8) is 0 Å². The number of nitrogens with one attached hydrogen (secondary N) is 1. The molecule has 1 fully saturated rings. The molecule has 0 unspecified atom stereocenters. The van der Waals surface area contributed by atoms with Crippen LogP contribution in [0.1, 0.15) is 29.5 Å². The fourth-order valence-electron chi connectivity index (χ4n) is 4.55. The summed E-state index contributed by atoms with van der Waals surface area (Å²) in [7, 11) is 4.09. The SMILES string of the molecule is CN(C)Cc1ccc(-c2ccccc2CNC(=O)C2CCN(c3ccc(C(F)(F)F)cn3)CC2)cc1. The van der Waals surface area contributed by atoms with Crippen molar-refractivity contribution < 1.29 is 18.0 Å². The number of halogens is 3. The Kier molecular flexibility index (Phi) is 7.94. The lowest BCUT2D eigenvalue weighted by atomic mass is 9.95. The summed E-state index contributed by atoms with van der Waals surface area (Å²) in [5, 5.41) is 3.09. The highest BCUT2D eigenvalue weighted by molar-refractivity contribution is 5.79. The van der Waals surface area contributed by atoms with Crippen LogP contribution in [0.2, 0.25) is 0 Å². The number of piperidine rings is 1. The minimum absolute atomic E-state index is 0.00571. The molecule has 1 amide bonds. The lowest BCUT2D eigenvalue weighted by molar-refractivity contribution is -0.137. The van der Waals surface area contributed by atoms with Gasteiger partial charge in [-0.3, -0.25) is 4.79 Å². The van der Waals surface area contributed by atoms with E-state index in [4.69, 9.17) is 0 Å². The van der Waals surface area contributed by atoms with Gasteiger partial charge in [0, 0.05) is 38.3 Å². The summed E-state index contributed by atoms with van der Waals surface area (Å²) in [6, 6.07) is 19.0. The fraction of sp³-hybridized carbons (Fsp3) is 0.357. The Morgan fingerprint density at radius 3 is 2.33 bits per heavy atom. The van der Waals surface area contributed by atoms with Gasteiger partial charge in [-0.05, 0) is 61.3 Å². The number of pyridine rings is 1. The molecule has 2 heterocycles. The van der Waals surface area contributed by atoms with Crippen LogP contribution in [0.5, 0.6) is 0 Å². The van der Waals surface area contributed by atoms with Crippen LogP contribution in [0.25, 0.3) is 11.1 Å². The maximum Gasteiger partial charge on any atom is 0.417 e. The Bertz CT molecular complexity index is 1150. The average molecular weight is 497 g/mol. The van der Waals surface area contributed by atoms with E-state index < -0.39 is 11.7 Å². The van der Waals surface area contributed by atoms with Crippen molar-refractivity contribution in [3.8, 4) is 11.1 Å². The molecule has 0 aliphatic carbocycles. The van der Waals surface area contributed by atoms with Crippen molar-refractivity contribution >= 4 is 11.7 Å². The van der Waals surface area contributed by atoms with E-state index in [1.165, 1.54) is 11.6 Å². The third-order valence-electron chi connectivity index (χ3n) is 6.50. The summed E-state index contributed by atoms with van der Waals surface area (Å²) in [4.78, 5) is 20.9. The molecule has 0 radical (unpaired) electrons. The number of aromatic nitrogens is 1. The molecule has 1 N–H and O–H groups in total. The molecule has 2 aromatic carbocycles. The Balaban J connectivity index is 1.32. The van der Waals surface area contributed by atoms with E-state index in [2.05, 4.69) is 45.5 Å². The van der Waals surface area contributed by atoms with Gasteiger partial charge in [-0.2, -0.15) is 13.2 Å². The molecule has 5 nitrogen and oxygen atoms in total. The zero-order valence-corrected chi connectivity index (χ0v) is 20.6. The maximum atomic E-state index is 12.9. The lowest BCUT2D eigenvalue weighted by Crippen LogP contribution is -2.40. The molecule has 1 aliphatic heterocycles. The fourth-order valence-corrected chi connectivity index (χ4v) is 4.55. The van der Waals surface area contributed by atoms with Gasteiger partial charge in [-0.1, -0.05) is 48.5 Å². The summed E-state index contributed by atoms with van der Waals surface area (Å²) >= 11 is 0. The molecule has 4 rings (SSSR count). The molecule has 0 spiro atoms. The summed E-state index contributed by atoms with van der Waals surface area (Å²) in [6.07, 6.45) is -2.28. The van der Waals surface area contributed by atoms with Crippen LogP contribution in [-0.4, -0.2) is 43.0 Å². The number of carbonyl (C=O) groups is 1. The highest BCUT2D eigenvalue weighted by atomic mass is 19.4. The van der Waals surface area contributed by atoms with E-state index in [1.807, 2.05) is 37.2 Å². The van der Waals surface area contributed by atoms with E-state index in [1.54, 1.807) is 0 Å². The van der Waals surface area contributed by atoms with Crippen molar-refractivity contribution in [2.45, 2.75) is 32.1 Å². The monoisotopic (exact) mass is 496 g/mol. The smallest absolute Gasteiger partial charge is 0.357 e. The molecule has 1 saturated heterocycles. The number of hydrogen-bond donors (Lipinski definition) is 1. The molecule has 0 saturated carbocycles. The summed E-state index contributed by atoms with van der Waals surface area (Å²) in [5.41, 5.74) is 3.74. The highest BCUT2D eigenvalue weighted by Gasteiger charge is 2.31. The zero-order chi connectivity index (χ0) is 25.7. The second-order valence-electron chi connectivity index (χ2n) is 9.47. The second kappa shape index (κ2) is 11.1. The van der Waals surface area contributed by atoms with E-state index in [0.717, 1.165) is 35.5 Å². The molecule has 1 aliphatic rings. The van der Waals surface area contributed by atoms with Crippen LogP contribution in [0.15, 0.2) is 66.9 Å². The average Bonchev–Trinajstić information content (AvgIpc) is 2.87. The number of amides is 1. The molecule has 36 heavy (non-hydrogen) atoms.